The number of amides is 1. The molecule has 0 unspecified atom stereocenters. The number of benzene rings is 1. The third-order valence-electron chi connectivity index (χ3n) is 6.42. The van der Waals surface area contributed by atoms with Crippen molar-refractivity contribution >= 4 is 41.2 Å². The van der Waals surface area contributed by atoms with Crippen molar-refractivity contribution in [2.45, 2.75) is 57.5 Å². The smallest absolute Gasteiger partial charge is 0.265 e. The van der Waals surface area contributed by atoms with Crippen molar-refractivity contribution in [2.75, 3.05) is 22.2 Å². The van der Waals surface area contributed by atoms with Crippen LogP contribution < -0.4 is 20.4 Å². The standard InChI is InChI=1S/C23H28F2N8O/c1-3-17-20(27)32(12-26)18-11-29-23(31-21(18)33(17)14-6-4-5-7-14)30-16-9-8-13(22(34)28-2)10-15(16)19(24)25/h8-12,14,17,19,26-27H,3-7H2,1-2H3,(H,28,34)(H,29,30,31)/t17-/m1/s1. The lowest BCUT2D eigenvalue weighted by atomic mass is 10.0. The zero-order valence-electron chi connectivity index (χ0n) is 19.1. The highest BCUT2D eigenvalue weighted by Crippen LogP contribution is 2.40. The van der Waals surface area contributed by atoms with Crippen LogP contribution in [0.25, 0.3) is 0 Å². The van der Waals surface area contributed by atoms with Crippen LogP contribution >= 0.6 is 0 Å². The summed E-state index contributed by atoms with van der Waals surface area (Å²) < 4.78 is 27.6. The van der Waals surface area contributed by atoms with Gasteiger partial charge < -0.3 is 15.5 Å². The van der Waals surface area contributed by atoms with Gasteiger partial charge in [0.15, 0.2) is 5.82 Å². The van der Waals surface area contributed by atoms with E-state index in [4.69, 9.17) is 10.8 Å². The molecule has 1 amide bonds. The molecule has 0 radical (unpaired) electrons. The number of rotatable bonds is 7. The van der Waals surface area contributed by atoms with Gasteiger partial charge in [0, 0.05) is 29.9 Å². The average Bonchev–Trinajstić information content (AvgIpc) is 3.37. The largest absolute Gasteiger partial charge is 0.355 e. The summed E-state index contributed by atoms with van der Waals surface area (Å²) in [6, 6.07) is 3.99. The van der Waals surface area contributed by atoms with E-state index in [2.05, 4.69) is 25.5 Å². The van der Waals surface area contributed by atoms with Crippen molar-refractivity contribution < 1.29 is 13.6 Å². The van der Waals surface area contributed by atoms with Gasteiger partial charge in [-0.05, 0) is 37.5 Å². The number of fused-ring (bicyclic) bond motifs is 1. The highest BCUT2D eigenvalue weighted by molar-refractivity contribution is 6.16. The zero-order valence-corrected chi connectivity index (χ0v) is 19.1. The van der Waals surface area contributed by atoms with Gasteiger partial charge in [-0.2, -0.15) is 4.98 Å². The van der Waals surface area contributed by atoms with Crippen molar-refractivity contribution in [3.05, 3.63) is 35.5 Å². The van der Waals surface area contributed by atoms with Crippen molar-refractivity contribution in [2.24, 2.45) is 0 Å². The molecule has 0 bridgehead atoms. The zero-order chi connectivity index (χ0) is 24.4. The number of nitrogens with one attached hydrogen (secondary N) is 4. The third kappa shape index (κ3) is 4.17. The van der Waals surface area contributed by atoms with Crippen molar-refractivity contribution in [1.29, 1.82) is 10.8 Å². The molecule has 1 saturated carbocycles. The number of carbonyl (C=O) groups is 1. The van der Waals surface area contributed by atoms with Gasteiger partial charge in [0.25, 0.3) is 12.3 Å². The fourth-order valence-electron chi connectivity index (χ4n) is 4.76. The lowest BCUT2D eigenvalue weighted by Gasteiger charge is -2.44. The molecule has 0 spiro atoms. The molecule has 1 fully saturated rings. The molecular weight excluding hydrogens is 442 g/mol. The average molecular weight is 471 g/mol. The fourth-order valence-corrected chi connectivity index (χ4v) is 4.76. The second-order valence-corrected chi connectivity index (χ2v) is 8.36. The monoisotopic (exact) mass is 470 g/mol. The SMILES string of the molecule is CC[C@@H]1C(=N)N(C=N)c2cnc(Nc3ccc(C(=O)NC)cc3C(F)F)nc2N1C1CCCC1. The minimum Gasteiger partial charge on any atom is -0.355 e. The van der Waals surface area contributed by atoms with E-state index in [9.17, 15) is 13.6 Å². The number of alkyl halides is 2. The maximum atomic E-state index is 13.8. The van der Waals surface area contributed by atoms with Crippen LogP contribution in [0.1, 0.15) is 61.4 Å². The van der Waals surface area contributed by atoms with Gasteiger partial charge in [-0.15, -0.1) is 0 Å². The second-order valence-electron chi connectivity index (χ2n) is 8.36. The molecule has 34 heavy (non-hydrogen) atoms. The maximum Gasteiger partial charge on any atom is 0.265 e. The predicted molar refractivity (Wildman–Crippen MR) is 128 cm³/mol. The van der Waals surface area contributed by atoms with Crippen LogP contribution in [0.2, 0.25) is 0 Å². The molecule has 4 rings (SSSR count). The van der Waals surface area contributed by atoms with E-state index in [1.54, 1.807) is 0 Å². The molecule has 0 saturated heterocycles. The lowest BCUT2D eigenvalue weighted by molar-refractivity contribution is 0.0962. The number of amidine groups is 1. The van der Waals surface area contributed by atoms with Gasteiger partial charge in [-0.3, -0.25) is 20.5 Å². The molecule has 1 aromatic heterocycles. The predicted octanol–water partition coefficient (Wildman–Crippen LogP) is 4.45. The quantitative estimate of drug-likeness (QED) is 0.350. The number of halogens is 2. The number of hydrogen-bond donors (Lipinski definition) is 4. The molecule has 4 N–H and O–H groups in total. The Morgan fingerprint density at radius 1 is 1.32 bits per heavy atom. The van der Waals surface area contributed by atoms with E-state index in [1.165, 1.54) is 30.3 Å². The molecule has 2 aliphatic rings. The molecule has 180 valence electrons. The molecule has 2 heterocycles. The molecule has 11 heteroatoms. The number of aromatic nitrogens is 2. The van der Waals surface area contributed by atoms with Crippen molar-refractivity contribution in [1.82, 2.24) is 15.3 Å². The number of hydrogen-bond acceptors (Lipinski definition) is 7. The van der Waals surface area contributed by atoms with E-state index in [-0.39, 0.29) is 34.8 Å². The van der Waals surface area contributed by atoms with Crippen LogP contribution in [0.4, 0.5) is 31.9 Å². The highest BCUT2D eigenvalue weighted by Gasteiger charge is 2.40. The summed E-state index contributed by atoms with van der Waals surface area (Å²) in [7, 11) is 1.44. The summed E-state index contributed by atoms with van der Waals surface area (Å²) in [5.41, 5.74) is 0.429. The Morgan fingerprint density at radius 3 is 2.68 bits per heavy atom. The summed E-state index contributed by atoms with van der Waals surface area (Å²) in [6.45, 7) is 2.00. The summed E-state index contributed by atoms with van der Waals surface area (Å²) >= 11 is 0. The van der Waals surface area contributed by atoms with Crippen molar-refractivity contribution in [3.8, 4) is 0 Å². The van der Waals surface area contributed by atoms with Crippen LogP contribution in [0.15, 0.2) is 24.4 Å². The summed E-state index contributed by atoms with van der Waals surface area (Å²) in [4.78, 5) is 24.4. The van der Waals surface area contributed by atoms with Gasteiger partial charge in [-0.1, -0.05) is 19.8 Å². The van der Waals surface area contributed by atoms with Gasteiger partial charge in [0.05, 0.1) is 18.6 Å². The molecular formula is C23H28F2N8O. The van der Waals surface area contributed by atoms with E-state index in [1.807, 2.05) is 6.92 Å². The Hall–Kier alpha value is -3.63. The molecule has 1 aliphatic heterocycles. The normalized spacial score (nSPS) is 18.3. The Labute approximate surface area is 196 Å². The Balaban J connectivity index is 1.75. The van der Waals surface area contributed by atoms with E-state index in [0.29, 0.717) is 23.8 Å². The van der Waals surface area contributed by atoms with Crippen LogP contribution in [0.3, 0.4) is 0 Å². The van der Waals surface area contributed by atoms with Crippen LogP contribution in [0.5, 0.6) is 0 Å². The molecule has 9 nitrogen and oxygen atoms in total. The second kappa shape index (κ2) is 9.70. The van der Waals surface area contributed by atoms with Gasteiger partial charge in [-0.25, -0.2) is 13.8 Å². The molecule has 2 aromatic rings. The highest BCUT2D eigenvalue weighted by atomic mass is 19.3. The van der Waals surface area contributed by atoms with Gasteiger partial charge in [0.2, 0.25) is 5.95 Å². The summed E-state index contributed by atoms with van der Waals surface area (Å²) in [5.74, 6) is 0.553. The first-order valence-electron chi connectivity index (χ1n) is 11.3. The van der Waals surface area contributed by atoms with Crippen LogP contribution in [0, 0.1) is 10.8 Å². The topological polar surface area (TPSA) is 121 Å². The number of carbonyl (C=O) groups excluding carboxylic acids is 1. The molecule has 1 aromatic carbocycles. The Kier molecular flexibility index (Phi) is 6.71. The minimum absolute atomic E-state index is 0.106. The molecule has 1 atom stereocenters. The number of nitrogens with zero attached hydrogens (tertiary/aromatic N) is 4. The number of anilines is 4. The third-order valence-corrected chi connectivity index (χ3v) is 6.42. The van der Waals surface area contributed by atoms with E-state index in [0.717, 1.165) is 38.1 Å². The van der Waals surface area contributed by atoms with Gasteiger partial charge in [0.1, 0.15) is 11.5 Å². The van der Waals surface area contributed by atoms with Crippen LogP contribution in [-0.4, -0.2) is 47.2 Å². The Bertz CT molecular complexity index is 1100. The first-order valence-corrected chi connectivity index (χ1v) is 11.3. The minimum atomic E-state index is -2.81. The van der Waals surface area contributed by atoms with Crippen molar-refractivity contribution in [3.63, 3.8) is 0 Å². The van der Waals surface area contributed by atoms with Crippen LogP contribution in [-0.2, 0) is 0 Å². The first kappa shape index (κ1) is 23.5. The summed E-state index contributed by atoms with van der Waals surface area (Å²) in [6.07, 6.45) is 4.62. The summed E-state index contributed by atoms with van der Waals surface area (Å²) in [5, 5.41) is 21.8. The Morgan fingerprint density at radius 2 is 2.06 bits per heavy atom. The maximum absolute atomic E-state index is 13.8. The first-order chi connectivity index (χ1) is 16.4. The fraction of sp³-hybridized carbons (Fsp3) is 0.435. The van der Waals surface area contributed by atoms with E-state index < -0.39 is 12.3 Å². The van der Waals surface area contributed by atoms with Gasteiger partial charge >= 0.3 is 0 Å². The molecule has 1 aliphatic carbocycles. The van der Waals surface area contributed by atoms with E-state index >= 15 is 0 Å². The lowest BCUT2D eigenvalue weighted by Crippen LogP contribution is -2.56.